The zero-order chi connectivity index (χ0) is 23.8. The van der Waals surface area contributed by atoms with Gasteiger partial charge in [0.1, 0.15) is 0 Å². The van der Waals surface area contributed by atoms with E-state index in [-0.39, 0.29) is 11.1 Å². The van der Waals surface area contributed by atoms with Crippen LogP contribution in [0, 0.1) is 18.8 Å². The molecule has 2 saturated heterocycles. The summed E-state index contributed by atoms with van der Waals surface area (Å²) in [5, 5.41) is 0. The molecule has 3 aliphatic rings. The van der Waals surface area contributed by atoms with Gasteiger partial charge in [0.15, 0.2) is 0 Å². The van der Waals surface area contributed by atoms with Crippen molar-refractivity contribution in [2.24, 2.45) is 11.8 Å². The highest BCUT2D eigenvalue weighted by atomic mass is 79.9. The average molecular weight is 516 g/mol. The summed E-state index contributed by atoms with van der Waals surface area (Å²) in [5.74, 6) is -4.48. The molecule has 0 radical (unpaired) electrons. The molecule has 2 amide bonds. The van der Waals surface area contributed by atoms with E-state index >= 15 is 0 Å². The Balaban J connectivity index is 1.57. The molecule has 0 aromatic heterocycles. The summed E-state index contributed by atoms with van der Waals surface area (Å²) in [5.41, 5.74) is 0.335. The van der Waals surface area contributed by atoms with Gasteiger partial charge in [-0.1, -0.05) is 66.2 Å². The molecular weight excluding hydrogens is 498 g/mol. The molecule has 7 heteroatoms. The molecule has 3 aromatic rings. The first-order chi connectivity index (χ1) is 16.4. The summed E-state index contributed by atoms with van der Waals surface area (Å²) in [7, 11) is 0. The molecule has 3 aromatic carbocycles. The zero-order valence-electron chi connectivity index (χ0n) is 18.0. The van der Waals surface area contributed by atoms with E-state index < -0.39 is 46.9 Å². The van der Waals surface area contributed by atoms with E-state index in [9.17, 15) is 19.2 Å². The number of imide groups is 1. The fraction of sp³-hybridized carbons (Fsp3) is 0.185. The van der Waals surface area contributed by atoms with Crippen LogP contribution in [0.4, 0.5) is 5.69 Å². The molecule has 0 saturated carbocycles. The molecule has 1 spiro atoms. The van der Waals surface area contributed by atoms with Gasteiger partial charge in [-0.25, -0.2) is 4.90 Å². The van der Waals surface area contributed by atoms with Gasteiger partial charge in [0, 0.05) is 15.6 Å². The Bertz CT molecular complexity index is 1390. The SMILES string of the molecule is Cc1cccc([C@@H]2OC3(C(=O)c4ccccc4C3=O)[C@@H]3C(=O)N(c4ccccc4Br)C(=O)[C@@H]32)c1. The minimum absolute atomic E-state index is 0.218. The van der Waals surface area contributed by atoms with E-state index in [0.29, 0.717) is 15.7 Å². The molecule has 0 bridgehead atoms. The Morgan fingerprint density at radius 1 is 0.824 bits per heavy atom. The average Bonchev–Trinajstić information content (AvgIpc) is 3.40. The van der Waals surface area contributed by atoms with Crippen molar-refractivity contribution < 1.29 is 23.9 Å². The van der Waals surface area contributed by atoms with Crippen molar-refractivity contribution in [1.82, 2.24) is 0 Å². The van der Waals surface area contributed by atoms with Crippen LogP contribution in [0.2, 0.25) is 0 Å². The molecule has 6 nitrogen and oxygen atoms in total. The van der Waals surface area contributed by atoms with Crippen LogP contribution >= 0.6 is 15.9 Å². The summed E-state index contributed by atoms with van der Waals surface area (Å²) in [6.45, 7) is 1.91. The minimum atomic E-state index is -2.06. The topological polar surface area (TPSA) is 80.8 Å². The maximum Gasteiger partial charge on any atom is 0.241 e. The van der Waals surface area contributed by atoms with Gasteiger partial charge in [0.2, 0.25) is 29.0 Å². The van der Waals surface area contributed by atoms with Gasteiger partial charge in [-0.15, -0.1) is 0 Å². The molecule has 34 heavy (non-hydrogen) atoms. The van der Waals surface area contributed by atoms with E-state index in [1.54, 1.807) is 54.6 Å². The number of rotatable bonds is 2. The van der Waals surface area contributed by atoms with Crippen molar-refractivity contribution in [3.63, 3.8) is 0 Å². The lowest BCUT2D eigenvalue weighted by Crippen LogP contribution is -2.51. The Kier molecular flexibility index (Phi) is 4.53. The fourth-order valence-electron chi connectivity index (χ4n) is 5.54. The van der Waals surface area contributed by atoms with E-state index in [1.165, 1.54) is 0 Å². The van der Waals surface area contributed by atoms with E-state index in [4.69, 9.17) is 4.74 Å². The van der Waals surface area contributed by atoms with Gasteiger partial charge in [-0.3, -0.25) is 19.2 Å². The van der Waals surface area contributed by atoms with Crippen molar-refractivity contribution in [1.29, 1.82) is 0 Å². The van der Waals surface area contributed by atoms with Crippen LogP contribution in [-0.4, -0.2) is 29.0 Å². The number of para-hydroxylation sites is 1. The number of Topliss-reactive ketones (excluding diaryl/α,β-unsaturated/α-hetero) is 2. The number of hydrogen-bond acceptors (Lipinski definition) is 5. The largest absolute Gasteiger partial charge is 0.349 e. The first kappa shape index (κ1) is 21.1. The van der Waals surface area contributed by atoms with Gasteiger partial charge < -0.3 is 4.74 Å². The number of halogens is 1. The maximum absolute atomic E-state index is 13.9. The fourth-order valence-corrected chi connectivity index (χ4v) is 6.00. The number of nitrogens with zero attached hydrogens (tertiary/aromatic N) is 1. The van der Waals surface area contributed by atoms with Crippen LogP contribution in [0.5, 0.6) is 0 Å². The van der Waals surface area contributed by atoms with Crippen LogP contribution < -0.4 is 4.90 Å². The van der Waals surface area contributed by atoms with Crippen LogP contribution in [0.25, 0.3) is 0 Å². The lowest BCUT2D eigenvalue weighted by molar-refractivity contribution is -0.127. The van der Waals surface area contributed by atoms with E-state index in [0.717, 1.165) is 10.5 Å². The number of amides is 2. The highest BCUT2D eigenvalue weighted by Gasteiger charge is 2.74. The Morgan fingerprint density at radius 3 is 2.12 bits per heavy atom. The van der Waals surface area contributed by atoms with Crippen LogP contribution in [0.3, 0.4) is 0 Å². The number of aryl methyl sites for hydroxylation is 1. The van der Waals surface area contributed by atoms with Crippen molar-refractivity contribution in [2.45, 2.75) is 18.6 Å². The lowest BCUT2D eigenvalue weighted by Gasteiger charge is -2.27. The summed E-state index contributed by atoms with van der Waals surface area (Å²) < 4.78 is 6.86. The van der Waals surface area contributed by atoms with Crippen molar-refractivity contribution in [2.75, 3.05) is 4.90 Å². The second-order valence-electron chi connectivity index (χ2n) is 8.86. The summed E-state index contributed by atoms with van der Waals surface area (Å²) in [4.78, 5) is 56.3. The van der Waals surface area contributed by atoms with Gasteiger partial charge >= 0.3 is 0 Å². The zero-order valence-corrected chi connectivity index (χ0v) is 19.6. The molecule has 0 unspecified atom stereocenters. The number of carbonyl (C=O) groups is 4. The summed E-state index contributed by atoms with van der Waals surface area (Å²) >= 11 is 3.42. The Hall–Kier alpha value is -3.42. The smallest absolute Gasteiger partial charge is 0.241 e. The summed E-state index contributed by atoms with van der Waals surface area (Å²) in [6, 6.07) is 20.7. The predicted molar refractivity (Wildman–Crippen MR) is 126 cm³/mol. The number of anilines is 1. The molecule has 2 fully saturated rings. The predicted octanol–water partition coefficient (Wildman–Crippen LogP) is 4.45. The molecule has 168 valence electrons. The summed E-state index contributed by atoms with van der Waals surface area (Å²) in [6.07, 6.45) is -0.920. The molecule has 2 heterocycles. The van der Waals surface area contributed by atoms with Gasteiger partial charge in [-0.05, 0) is 40.5 Å². The molecule has 0 N–H and O–H groups in total. The highest BCUT2D eigenvalue weighted by Crippen LogP contribution is 2.58. The lowest BCUT2D eigenvalue weighted by atomic mass is 9.77. The van der Waals surface area contributed by atoms with Crippen molar-refractivity contribution in [3.05, 3.63) is 99.5 Å². The number of ether oxygens (including phenoxy) is 1. The highest BCUT2D eigenvalue weighted by molar-refractivity contribution is 9.10. The maximum atomic E-state index is 13.9. The third-order valence-corrected chi connectivity index (χ3v) is 7.65. The van der Waals surface area contributed by atoms with Gasteiger partial charge in [0.25, 0.3) is 0 Å². The van der Waals surface area contributed by atoms with Crippen LogP contribution in [0.1, 0.15) is 37.9 Å². The normalized spacial score (nSPS) is 24.8. The standard InChI is InChI=1S/C27H18BrNO5/c1-14-7-6-8-15(13-14)22-20-21(26(33)29(25(20)32)19-12-5-4-11-18(19)28)27(34-22)23(30)16-9-2-3-10-17(16)24(27)31/h2-13,20-22H,1H3/t20-,21-,22-/m0/s1. The van der Waals surface area contributed by atoms with Crippen LogP contribution in [0.15, 0.2) is 77.3 Å². The molecule has 2 aliphatic heterocycles. The number of benzene rings is 3. The quantitative estimate of drug-likeness (QED) is 0.372. The number of carbonyl (C=O) groups excluding carboxylic acids is 4. The first-order valence-electron chi connectivity index (χ1n) is 10.9. The van der Waals surface area contributed by atoms with E-state index in [2.05, 4.69) is 15.9 Å². The number of hydrogen-bond donors (Lipinski definition) is 0. The third kappa shape index (κ3) is 2.59. The second kappa shape index (κ2) is 7.29. The minimum Gasteiger partial charge on any atom is -0.349 e. The van der Waals surface area contributed by atoms with Crippen molar-refractivity contribution >= 4 is 45.0 Å². The number of fused-ring (bicyclic) bond motifs is 3. The molecule has 6 rings (SSSR count). The monoisotopic (exact) mass is 515 g/mol. The molecule has 1 aliphatic carbocycles. The second-order valence-corrected chi connectivity index (χ2v) is 9.71. The Morgan fingerprint density at radius 2 is 1.47 bits per heavy atom. The number of ketones is 2. The van der Waals surface area contributed by atoms with Gasteiger partial charge in [0.05, 0.1) is 23.6 Å². The molecule has 3 atom stereocenters. The molecular formula is C27H18BrNO5. The Labute approximate surface area is 203 Å². The van der Waals surface area contributed by atoms with Crippen LogP contribution in [-0.2, 0) is 14.3 Å². The first-order valence-corrected chi connectivity index (χ1v) is 11.7. The van der Waals surface area contributed by atoms with E-state index in [1.807, 2.05) is 25.1 Å². The third-order valence-electron chi connectivity index (χ3n) is 6.98. The van der Waals surface area contributed by atoms with Gasteiger partial charge in [-0.2, -0.15) is 0 Å². The van der Waals surface area contributed by atoms with Crippen molar-refractivity contribution in [3.8, 4) is 0 Å².